The summed E-state index contributed by atoms with van der Waals surface area (Å²) < 4.78 is 11.0. The quantitative estimate of drug-likeness (QED) is 0.714. The predicted molar refractivity (Wildman–Crippen MR) is 87.3 cm³/mol. The van der Waals surface area contributed by atoms with E-state index in [1.54, 1.807) is 10.9 Å². The molecule has 25 heavy (non-hydrogen) atoms. The number of amides is 1. The summed E-state index contributed by atoms with van der Waals surface area (Å²) >= 11 is 0. The van der Waals surface area contributed by atoms with Crippen LogP contribution in [0.1, 0.15) is 39.6 Å². The Bertz CT molecular complexity index is 886. The van der Waals surface area contributed by atoms with E-state index in [0.29, 0.717) is 0 Å². The molecule has 3 aromatic rings. The van der Waals surface area contributed by atoms with E-state index >= 15 is 0 Å². The highest BCUT2D eigenvalue weighted by Crippen LogP contribution is 2.17. The lowest BCUT2D eigenvalue weighted by Crippen LogP contribution is -2.27. The van der Waals surface area contributed by atoms with Crippen LogP contribution < -0.4 is 5.32 Å². The zero-order chi connectivity index (χ0) is 17.8. The first-order valence-corrected chi connectivity index (χ1v) is 7.54. The smallest absolute Gasteiger partial charge is 0.376 e. The molecule has 128 valence electrons. The molecule has 0 spiro atoms. The minimum Gasteiger partial charge on any atom is -0.463 e. The summed E-state index contributed by atoms with van der Waals surface area (Å²) in [5.41, 5.74) is 1.80. The highest BCUT2D eigenvalue weighted by Gasteiger charge is 2.19. The Hall–Kier alpha value is -3.42. The maximum atomic E-state index is 12.3. The second-order valence-corrected chi connectivity index (χ2v) is 5.31. The molecule has 8 heteroatoms. The molecule has 0 radical (unpaired) electrons. The molecule has 0 fully saturated rings. The number of nitrogens with one attached hydrogen (secondary N) is 1. The number of carbonyl (C=O) groups is 2. The van der Waals surface area contributed by atoms with Gasteiger partial charge in [0.15, 0.2) is 5.69 Å². The molecular weight excluding hydrogens is 324 g/mol. The summed E-state index contributed by atoms with van der Waals surface area (Å²) in [6, 6.07) is 10.4. The maximum Gasteiger partial charge on any atom is 0.376 e. The van der Waals surface area contributed by atoms with E-state index in [4.69, 9.17) is 4.52 Å². The van der Waals surface area contributed by atoms with Crippen LogP contribution in [0.3, 0.4) is 0 Å². The number of esters is 1. The van der Waals surface area contributed by atoms with E-state index in [0.717, 1.165) is 11.3 Å². The molecule has 1 N–H and O–H groups in total. The molecule has 0 aliphatic heterocycles. The summed E-state index contributed by atoms with van der Waals surface area (Å²) in [6.45, 7) is 1.85. The van der Waals surface area contributed by atoms with E-state index in [1.165, 1.54) is 13.2 Å². The first-order valence-electron chi connectivity index (χ1n) is 7.54. The lowest BCUT2D eigenvalue weighted by molar-refractivity contribution is 0.0554. The minimum atomic E-state index is -0.688. The monoisotopic (exact) mass is 340 g/mol. The van der Waals surface area contributed by atoms with Gasteiger partial charge in [0, 0.05) is 18.5 Å². The maximum absolute atomic E-state index is 12.3. The van der Waals surface area contributed by atoms with Gasteiger partial charge in [0.2, 0.25) is 5.76 Å². The Morgan fingerprint density at radius 2 is 2.12 bits per heavy atom. The number of benzene rings is 1. The van der Waals surface area contributed by atoms with Gasteiger partial charge >= 0.3 is 5.97 Å². The van der Waals surface area contributed by atoms with Crippen molar-refractivity contribution in [3.05, 3.63) is 65.8 Å². The van der Waals surface area contributed by atoms with Crippen molar-refractivity contribution < 1.29 is 18.8 Å². The molecule has 1 aromatic carbocycles. The molecule has 0 bridgehead atoms. The van der Waals surface area contributed by atoms with Crippen molar-refractivity contribution >= 4 is 11.9 Å². The number of aromatic nitrogens is 3. The van der Waals surface area contributed by atoms with Crippen LogP contribution in [0.2, 0.25) is 0 Å². The molecule has 0 saturated heterocycles. The van der Waals surface area contributed by atoms with E-state index in [-0.39, 0.29) is 17.5 Å². The third kappa shape index (κ3) is 3.57. The Labute approximate surface area is 143 Å². The van der Waals surface area contributed by atoms with Crippen LogP contribution in [0.25, 0.3) is 5.69 Å². The molecule has 3 rings (SSSR count). The van der Waals surface area contributed by atoms with E-state index < -0.39 is 11.9 Å². The highest BCUT2D eigenvalue weighted by molar-refractivity contribution is 5.95. The molecule has 1 atom stereocenters. The summed E-state index contributed by atoms with van der Waals surface area (Å²) in [5, 5.41) is 10.6. The second kappa shape index (κ2) is 7.00. The third-order valence-corrected chi connectivity index (χ3v) is 3.62. The average Bonchev–Trinajstić information content (AvgIpc) is 3.32. The van der Waals surface area contributed by atoms with Gasteiger partial charge in [-0.2, -0.15) is 5.10 Å². The number of carbonyl (C=O) groups excluding carboxylic acids is 2. The van der Waals surface area contributed by atoms with Crippen LogP contribution in [-0.2, 0) is 4.74 Å². The van der Waals surface area contributed by atoms with Gasteiger partial charge in [-0.1, -0.05) is 17.3 Å². The highest BCUT2D eigenvalue weighted by atomic mass is 16.5. The standard InChI is InChI=1S/C17H16N4O4/c1-11(12-5-3-6-13(9-12)21-8-4-7-18-21)19-16(22)14-10-15(25-20-14)17(23)24-2/h3-11H,1-2H3,(H,19,22). The van der Waals surface area contributed by atoms with E-state index in [2.05, 4.69) is 20.3 Å². The van der Waals surface area contributed by atoms with Gasteiger partial charge < -0.3 is 14.6 Å². The second-order valence-electron chi connectivity index (χ2n) is 5.31. The van der Waals surface area contributed by atoms with Crippen LogP contribution in [0, 0.1) is 0 Å². The first-order chi connectivity index (χ1) is 12.1. The Kier molecular flexibility index (Phi) is 4.60. The lowest BCUT2D eigenvalue weighted by atomic mass is 10.1. The molecule has 2 aromatic heterocycles. The molecule has 0 saturated carbocycles. The summed E-state index contributed by atoms with van der Waals surface area (Å²) in [4.78, 5) is 23.6. The SMILES string of the molecule is COC(=O)c1cc(C(=O)NC(C)c2cccc(-n3cccn3)c2)no1. The molecule has 8 nitrogen and oxygen atoms in total. The lowest BCUT2D eigenvalue weighted by Gasteiger charge is -2.14. The fraction of sp³-hybridized carbons (Fsp3) is 0.176. The van der Waals surface area contributed by atoms with Crippen LogP contribution >= 0.6 is 0 Å². The number of ether oxygens (including phenoxy) is 1. The molecule has 1 amide bonds. The third-order valence-electron chi connectivity index (χ3n) is 3.62. The molecule has 0 aliphatic rings. The molecule has 2 heterocycles. The zero-order valence-corrected chi connectivity index (χ0v) is 13.7. The van der Waals surface area contributed by atoms with Crippen molar-refractivity contribution in [2.75, 3.05) is 7.11 Å². The van der Waals surface area contributed by atoms with Crippen LogP contribution in [0.5, 0.6) is 0 Å². The number of methoxy groups -OCH3 is 1. The van der Waals surface area contributed by atoms with Crippen molar-refractivity contribution in [2.24, 2.45) is 0 Å². The van der Waals surface area contributed by atoms with Crippen LogP contribution in [-0.4, -0.2) is 33.9 Å². The zero-order valence-electron chi connectivity index (χ0n) is 13.7. The predicted octanol–water partition coefficient (Wildman–Crippen LogP) is 2.14. The minimum absolute atomic E-state index is 0.00970. The van der Waals surface area contributed by atoms with Gasteiger partial charge in [-0.05, 0) is 30.7 Å². The van der Waals surface area contributed by atoms with Gasteiger partial charge in [0.25, 0.3) is 5.91 Å². The van der Waals surface area contributed by atoms with Crippen molar-refractivity contribution in [1.29, 1.82) is 0 Å². The number of rotatable bonds is 5. The summed E-state index contributed by atoms with van der Waals surface area (Å²) in [5.74, 6) is -1.26. The Morgan fingerprint density at radius 3 is 2.84 bits per heavy atom. The number of hydrogen-bond acceptors (Lipinski definition) is 6. The average molecular weight is 340 g/mol. The van der Waals surface area contributed by atoms with Gasteiger partial charge in [-0.3, -0.25) is 4.79 Å². The van der Waals surface area contributed by atoms with Crippen LogP contribution in [0.15, 0.2) is 53.3 Å². The molecule has 1 unspecified atom stereocenters. The summed E-state index contributed by atoms with van der Waals surface area (Å²) in [6.07, 6.45) is 3.54. The number of hydrogen-bond donors (Lipinski definition) is 1. The normalized spacial score (nSPS) is 11.8. The summed E-state index contributed by atoms with van der Waals surface area (Å²) in [7, 11) is 1.22. The Balaban J connectivity index is 1.72. The topological polar surface area (TPSA) is 99.2 Å². The fourth-order valence-electron chi connectivity index (χ4n) is 2.29. The van der Waals surface area contributed by atoms with Crippen molar-refractivity contribution in [1.82, 2.24) is 20.3 Å². The van der Waals surface area contributed by atoms with Gasteiger partial charge in [0.05, 0.1) is 18.8 Å². The van der Waals surface area contributed by atoms with Gasteiger partial charge in [-0.25, -0.2) is 9.48 Å². The van der Waals surface area contributed by atoms with E-state index in [1.807, 2.05) is 43.5 Å². The van der Waals surface area contributed by atoms with Crippen molar-refractivity contribution in [2.45, 2.75) is 13.0 Å². The molecular formula is C17H16N4O4. The van der Waals surface area contributed by atoms with Gasteiger partial charge in [-0.15, -0.1) is 0 Å². The van der Waals surface area contributed by atoms with Crippen LogP contribution in [0.4, 0.5) is 0 Å². The number of nitrogens with zero attached hydrogens (tertiary/aromatic N) is 3. The fourth-order valence-corrected chi connectivity index (χ4v) is 2.29. The first kappa shape index (κ1) is 16.4. The largest absolute Gasteiger partial charge is 0.463 e. The van der Waals surface area contributed by atoms with Gasteiger partial charge in [0.1, 0.15) is 0 Å². The van der Waals surface area contributed by atoms with Crippen molar-refractivity contribution in [3.63, 3.8) is 0 Å². The Morgan fingerprint density at radius 1 is 1.28 bits per heavy atom. The molecule has 0 aliphatic carbocycles. The van der Waals surface area contributed by atoms with Crippen molar-refractivity contribution in [3.8, 4) is 5.69 Å². The van der Waals surface area contributed by atoms with E-state index in [9.17, 15) is 9.59 Å².